The van der Waals surface area contributed by atoms with E-state index in [0.29, 0.717) is 12.8 Å². The molecule has 1 amide bonds. The number of rotatable bonds is 46. The summed E-state index contributed by atoms with van der Waals surface area (Å²) in [6.07, 6.45) is 21.2. The van der Waals surface area contributed by atoms with E-state index >= 15 is 0 Å². The first kappa shape index (κ1) is 72.3. The van der Waals surface area contributed by atoms with Crippen LogP contribution in [-0.4, -0.2) is 193 Å². The molecule has 0 aromatic carbocycles. The number of aliphatic hydroxyl groups is 11. The van der Waals surface area contributed by atoms with Crippen LogP contribution in [0.15, 0.2) is 36.5 Å². The highest BCUT2D eigenvalue weighted by Crippen LogP contribution is 2.33. The van der Waals surface area contributed by atoms with Gasteiger partial charge in [-0.05, 0) is 57.8 Å². The molecule has 3 saturated heterocycles. The Kier molecular flexibility index (Phi) is 40.2. The summed E-state index contributed by atoms with van der Waals surface area (Å²) in [7, 11) is 0. The lowest BCUT2D eigenvalue weighted by Crippen LogP contribution is -2.66. The van der Waals surface area contributed by atoms with E-state index in [1.165, 1.54) is 128 Å². The standard InChI is InChI=1S/C61H111NO18/c1-3-5-7-9-11-13-15-17-19-21-23-25-27-29-31-33-35-37-39-49(67)62-44(45(66)38-36-34-32-30-28-26-24-22-20-18-16-14-12-10-8-6-4-2)43-75-59-55(73)52(70)57(47(41-64)77-59)80-61-56(74)53(71)58(48(42-65)78-61)79-60-54(72)51(69)50(68)46(40-63)76-60/h19,21,28,30,36,38,44-48,50-61,63-66,68-74H,3-18,20,22-27,29,31-35,37,39-43H2,1-2H3,(H,62,67)/b21-19-,30-28+,38-36+. The molecule has 17 atom stereocenters. The van der Waals surface area contributed by atoms with Crippen LogP contribution in [0.1, 0.15) is 213 Å². The third-order valence-corrected chi connectivity index (χ3v) is 15.7. The molecular formula is C61H111NO18. The number of unbranched alkanes of at least 4 members (excludes halogenated alkanes) is 26. The minimum Gasteiger partial charge on any atom is -0.394 e. The molecule has 19 nitrogen and oxygen atoms in total. The van der Waals surface area contributed by atoms with Gasteiger partial charge in [-0.3, -0.25) is 4.79 Å². The SMILES string of the molecule is CCCCCCCCC/C=C\CCCCCCCCCC(=O)NC(COC1OC(CO)C(OC2OC(CO)C(OC3OC(CO)C(O)C(O)C3O)C(O)C2O)C(O)C1O)C(O)/C=C/CC/C=C/CCCCCCCCCCCCC. The van der Waals surface area contributed by atoms with Crippen LogP contribution in [0, 0.1) is 0 Å². The van der Waals surface area contributed by atoms with Crippen molar-refractivity contribution < 1.29 is 89.4 Å². The van der Waals surface area contributed by atoms with Crippen LogP contribution in [0.25, 0.3) is 0 Å². The number of allylic oxidation sites excluding steroid dienone is 5. The summed E-state index contributed by atoms with van der Waals surface area (Å²) in [5.41, 5.74) is 0. The normalized spacial score (nSPS) is 30.2. The van der Waals surface area contributed by atoms with Gasteiger partial charge in [0, 0.05) is 6.42 Å². The summed E-state index contributed by atoms with van der Waals surface area (Å²) in [6.45, 7) is 1.70. The minimum absolute atomic E-state index is 0.231. The van der Waals surface area contributed by atoms with Crippen LogP contribution in [0.2, 0.25) is 0 Å². The van der Waals surface area contributed by atoms with Gasteiger partial charge in [0.15, 0.2) is 18.9 Å². The van der Waals surface area contributed by atoms with Crippen LogP contribution in [0.4, 0.5) is 0 Å². The van der Waals surface area contributed by atoms with E-state index in [4.69, 9.17) is 28.4 Å². The summed E-state index contributed by atoms with van der Waals surface area (Å²) in [6, 6.07) is -0.990. The fourth-order valence-electron chi connectivity index (χ4n) is 10.5. The molecule has 80 heavy (non-hydrogen) atoms. The summed E-state index contributed by atoms with van der Waals surface area (Å²) >= 11 is 0. The van der Waals surface area contributed by atoms with Crippen molar-refractivity contribution in [3.8, 4) is 0 Å². The van der Waals surface area contributed by atoms with E-state index in [1.54, 1.807) is 6.08 Å². The number of hydrogen-bond donors (Lipinski definition) is 12. The first-order valence-electron chi connectivity index (χ1n) is 31.2. The lowest BCUT2D eigenvalue weighted by molar-refractivity contribution is -0.379. The van der Waals surface area contributed by atoms with Gasteiger partial charge in [-0.25, -0.2) is 0 Å². The van der Waals surface area contributed by atoms with E-state index < -0.39 is 124 Å². The van der Waals surface area contributed by atoms with Gasteiger partial charge >= 0.3 is 0 Å². The summed E-state index contributed by atoms with van der Waals surface area (Å²) in [4.78, 5) is 13.3. The van der Waals surface area contributed by atoms with Gasteiger partial charge in [0.25, 0.3) is 0 Å². The second-order valence-corrected chi connectivity index (χ2v) is 22.5. The quantitative estimate of drug-likeness (QED) is 0.0242. The molecule has 0 aromatic heterocycles. The molecule has 3 aliphatic heterocycles. The smallest absolute Gasteiger partial charge is 0.220 e. The third kappa shape index (κ3) is 27.8. The molecule has 0 spiro atoms. The summed E-state index contributed by atoms with van der Waals surface area (Å²) in [5.74, 6) is -0.290. The van der Waals surface area contributed by atoms with Gasteiger partial charge in [-0.2, -0.15) is 0 Å². The fraction of sp³-hybridized carbons (Fsp3) is 0.885. The molecule has 12 N–H and O–H groups in total. The fourth-order valence-corrected chi connectivity index (χ4v) is 10.5. The molecule has 3 heterocycles. The number of nitrogens with one attached hydrogen (secondary N) is 1. The second kappa shape index (κ2) is 44.5. The average Bonchev–Trinajstić information content (AvgIpc) is 3.50. The molecule has 0 aromatic rings. The molecule has 19 heteroatoms. The molecule has 3 rings (SSSR count). The highest BCUT2D eigenvalue weighted by atomic mass is 16.8. The Bertz CT molecular complexity index is 1600. The van der Waals surface area contributed by atoms with Gasteiger partial charge in [0.2, 0.25) is 5.91 Å². The average molecular weight is 1150 g/mol. The first-order chi connectivity index (χ1) is 38.8. The predicted octanol–water partition coefficient (Wildman–Crippen LogP) is 6.10. The van der Waals surface area contributed by atoms with Crippen molar-refractivity contribution in [2.45, 2.75) is 317 Å². The zero-order valence-corrected chi connectivity index (χ0v) is 48.8. The molecular weight excluding hydrogens is 1030 g/mol. The molecule has 0 bridgehead atoms. The molecule has 3 aliphatic rings. The molecule has 468 valence electrons. The predicted molar refractivity (Wildman–Crippen MR) is 305 cm³/mol. The van der Waals surface area contributed by atoms with Gasteiger partial charge < -0.3 is 89.9 Å². The monoisotopic (exact) mass is 1150 g/mol. The maximum absolute atomic E-state index is 13.3. The van der Waals surface area contributed by atoms with E-state index in [9.17, 15) is 61.0 Å². The van der Waals surface area contributed by atoms with Crippen LogP contribution in [-0.2, 0) is 33.2 Å². The number of ether oxygens (including phenoxy) is 6. The Morgan fingerprint density at radius 3 is 1.25 bits per heavy atom. The highest BCUT2D eigenvalue weighted by Gasteiger charge is 2.53. The lowest BCUT2D eigenvalue weighted by Gasteiger charge is -2.48. The molecule has 17 unspecified atom stereocenters. The van der Waals surface area contributed by atoms with Crippen molar-refractivity contribution >= 4 is 5.91 Å². The number of carbonyl (C=O) groups is 1. The first-order valence-corrected chi connectivity index (χ1v) is 31.2. The second-order valence-electron chi connectivity index (χ2n) is 22.5. The van der Waals surface area contributed by atoms with Crippen LogP contribution >= 0.6 is 0 Å². The number of carbonyl (C=O) groups excluding carboxylic acids is 1. The minimum atomic E-state index is -1.98. The van der Waals surface area contributed by atoms with Crippen LogP contribution in [0.3, 0.4) is 0 Å². The lowest BCUT2D eigenvalue weighted by atomic mass is 9.96. The van der Waals surface area contributed by atoms with Crippen molar-refractivity contribution in [2.75, 3.05) is 26.4 Å². The zero-order valence-electron chi connectivity index (χ0n) is 48.8. The van der Waals surface area contributed by atoms with Crippen molar-refractivity contribution in [3.63, 3.8) is 0 Å². The van der Waals surface area contributed by atoms with Crippen LogP contribution < -0.4 is 5.32 Å². The van der Waals surface area contributed by atoms with E-state index in [2.05, 4.69) is 43.5 Å². The Labute approximate surface area is 479 Å². The van der Waals surface area contributed by atoms with Crippen molar-refractivity contribution in [1.29, 1.82) is 0 Å². The van der Waals surface area contributed by atoms with Crippen molar-refractivity contribution in [2.24, 2.45) is 0 Å². The highest BCUT2D eigenvalue weighted by molar-refractivity contribution is 5.76. The van der Waals surface area contributed by atoms with Crippen molar-refractivity contribution in [3.05, 3.63) is 36.5 Å². The Morgan fingerprint density at radius 1 is 0.438 bits per heavy atom. The molecule has 0 saturated carbocycles. The Balaban J connectivity index is 1.51. The topological polar surface area (TPSA) is 307 Å². The van der Waals surface area contributed by atoms with Gasteiger partial charge in [-0.1, -0.05) is 185 Å². The summed E-state index contributed by atoms with van der Waals surface area (Å²) in [5, 5.41) is 120. The number of hydrogen-bond acceptors (Lipinski definition) is 18. The zero-order chi connectivity index (χ0) is 58.3. The van der Waals surface area contributed by atoms with E-state index in [1.807, 2.05) is 6.08 Å². The number of aliphatic hydroxyl groups excluding tert-OH is 11. The third-order valence-electron chi connectivity index (χ3n) is 15.7. The van der Waals surface area contributed by atoms with Crippen molar-refractivity contribution in [1.82, 2.24) is 5.32 Å². The Morgan fingerprint density at radius 2 is 0.800 bits per heavy atom. The van der Waals surface area contributed by atoms with Crippen LogP contribution in [0.5, 0.6) is 0 Å². The van der Waals surface area contributed by atoms with Gasteiger partial charge in [0.05, 0.1) is 38.6 Å². The molecule has 3 fully saturated rings. The number of amides is 1. The summed E-state index contributed by atoms with van der Waals surface area (Å²) < 4.78 is 34.2. The molecule has 0 radical (unpaired) electrons. The maximum Gasteiger partial charge on any atom is 0.220 e. The molecule has 0 aliphatic carbocycles. The van der Waals surface area contributed by atoms with Gasteiger partial charge in [0.1, 0.15) is 73.2 Å². The Hall–Kier alpha value is -1.99. The van der Waals surface area contributed by atoms with Gasteiger partial charge in [-0.15, -0.1) is 0 Å². The maximum atomic E-state index is 13.3. The van der Waals surface area contributed by atoms with E-state index in [0.717, 1.165) is 51.4 Å². The largest absolute Gasteiger partial charge is 0.394 e. The van der Waals surface area contributed by atoms with E-state index in [-0.39, 0.29) is 18.9 Å².